The van der Waals surface area contributed by atoms with Crippen LogP contribution < -0.4 is 0 Å². The van der Waals surface area contributed by atoms with Crippen molar-refractivity contribution in [1.29, 1.82) is 0 Å². The number of aliphatic hydroxyl groups excluding tert-OH is 1. The predicted octanol–water partition coefficient (Wildman–Crippen LogP) is 1.89. The van der Waals surface area contributed by atoms with Crippen molar-refractivity contribution in [3.8, 4) is 0 Å². The van der Waals surface area contributed by atoms with E-state index < -0.39 is 0 Å². The Morgan fingerprint density at radius 1 is 1.12 bits per heavy atom. The van der Waals surface area contributed by atoms with Gasteiger partial charge < -0.3 is 14.7 Å². The molecule has 0 spiro atoms. The summed E-state index contributed by atoms with van der Waals surface area (Å²) in [5.41, 5.74) is 0. The quantitative estimate of drug-likeness (QED) is 0.669. The molecule has 0 heterocycles. The first-order valence-electron chi connectivity index (χ1n) is 7.15. The van der Waals surface area contributed by atoms with E-state index in [0.717, 1.165) is 18.4 Å². The van der Waals surface area contributed by atoms with E-state index >= 15 is 0 Å². The Morgan fingerprint density at radius 3 is 2.06 bits per heavy atom. The molecule has 0 aromatic carbocycles. The highest BCUT2D eigenvalue weighted by molar-refractivity contribution is 4.83. The molecule has 0 bridgehead atoms. The summed E-state index contributed by atoms with van der Waals surface area (Å²) in [6.45, 7) is 7.67. The van der Waals surface area contributed by atoms with Crippen molar-refractivity contribution >= 4 is 0 Å². The summed E-state index contributed by atoms with van der Waals surface area (Å²) < 4.78 is 5.47. The fourth-order valence-electron chi connectivity index (χ4n) is 2.21. The van der Waals surface area contributed by atoms with Crippen LogP contribution in [0.4, 0.5) is 0 Å². The van der Waals surface area contributed by atoms with E-state index in [9.17, 15) is 5.11 Å². The number of nitrogens with zero attached hydrogens (tertiary/aromatic N) is 1. The molecule has 2 aliphatic rings. The molecule has 2 saturated carbocycles. The summed E-state index contributed by atoms with van der Waals surface area (Å²) >= 11 is 0. The highest BCUT2D eigenvalue weighted by Crippen LogP contribution is 2.33. The van der Waals surface area contributed by atoms with Gasteiger partial charge in [0.1, 0.15) is 0 Å². The van der Waals surface area contributed by atoms with E-state index in [1.807, 2.05) is 13.8 Å². The van der Waals surface area contributed by atoms with Crippen LogP contribution >= 0.6 is 0 Å². The SMILES string of the molecule is CC(C)OCC(O)CN(CC1CC1)CC1CC1. The van der Waals surface area contributed by atoms with Crippen LogP contribution in [0.15, 0.2) is 0 Å². The molecule has 1 unspecified atom stereocenters. The van der Waals surface area contributed by atoms with Crippen molar-refractivity contribution in [3.63, 3.8) is 0 Å². The molecule has 2 rings (SSSR count). The van der Waals surface area contributed by atoms with Crippen LogP contribution in [0.3, 0.4) is 0 Å². The Labute approximate surface area is 105 Å². The van der Waals surface area contributed by atoms with Crippen LogP contribution in [0, 0.1) is 11.8 Å². The van der Waals surface area contributed by atoms with Gasteiger partial charge in [0, 0.05) is 19.6 Å². The van der Waals surface area contributed by atoms with Crippen LogP contribution in [-0.2, 0) is 4.74 Å². The van der Waals surface area contributed by atoms with Crippen LogP contribution in [-0.4, -0.2) is 48.5 Å². The molecular weight excluding hydrogens is 214 g/mol. The normalized spacial score (nSPS) is 22.4. The maximum Gasteiger partial charge on any atom is 0.0900 e. The Bertz CT molecular complexity index is 210. The smallest absolute Gasteiger partial charge is 0.0900 e. The molecule has 1 N–H and O–H groups in total. The number of ether oxygens (including phenoxy) is 1. The van der Waals surface area contributed by atoms with Crippen LogP contribution in [0.25, 0.3) is 0 Å². The molecule has 0 radical (unpaired) electrons. The number of hydrogen-bond donors (Lipinski definition) is 1. The fourth-order valence-corrected chi connectivity index (χ4v) is 2.21. The van der Waals surface area contributed by atoms with Gasteiger partial charge in [-0.25, -0.2) is 0 Å². The summed E-state index contributed by atoms with van der Waals surface area (Å²) in [5.74, 6) is 1.82. The van der Waals surface area contributed by atoms with Crippen molar-refractivity contribution in [3.05, 3.63) is 0 Å². The van der Waals surface area contributed by atoms with Crippen molar-refractivity contribution in [2.45, 2.75) is 51.7 Å². The minimum Gasteiger partial charge on any atom is -0.389 e. The number of aliphatic hydroxyl groups is 1. The van der Waals surface area contributed by atoms with Crippen LogP contribution in [0.1, 0.15) is 39.5 Å². The molecule has 2 fully saturated rings. The Balaban J connectivity index is 1.66. The third-order valence-electron chi connectivity index (χ3n) is 3.52. The van der Waals surface area contributed by atoms with Gasteiger partial charge in [-0.05, 0) is 51.4 Å². The highest BCUT2D eigenvalue weighted by atomic mass is 16.5. The lowest BCUT2D eigenvalue weighted by Crippen LogP contribution is -2.38. The van der Waals surface area contributed by atoms with Crippen molar-refractivity contribution in [1.82, 2.24) is 4.90 Å². The average Bonchev–Trinajstić information content (AvgIpc) is 3.10. The summed E-state index contributed by atoms with van der Waals surface area (Å²) in [5, 5.41) is 9.97. The first-order valence-corrected chi connectivity index (χ1v) is 7.15. The van der Waals surface area contributed by atoms with Gasteiger partial charge in [0.05, 0.1) is 18.8 Å². The first-order chi connectivity index (χ1) is 8.13. The fraction of sp³-hybridized carbons (Fsp3) is 1.00. The van der Waals surface area contributed by atoms with Gasteiger partial charge in [0.25, 0.3) is 0 Å². The molecule has 0 saturated heterocycles. The highest BCUT2D eigenvalue weighted by Gasteiger charge is 2.29. The van der Waals surface area contributed by atoms with E-state index in [1.165, 1.54) is 38.8 Å². The third kappa shape index (κ3) is 5.84. The molecule has 3 nitrogen and oxygen atoms in total. The van der Waals surface area contributed by atoms with E-state index in [0.29, 0.717) is 6.61 Å². The molecule has 3 heteroatoms. The lowest BCUT2D eigenvalue weighted by Gasteiger charge is -2.25. The zero-order valence-electron chi connectivity index (χ0n) is 11.3. The van der Waals surface area contributed by atoms with Crippen LogP contribution in [0.2, 0.25) is 0 Å². The molecule has 1 atom stereocenters. The molecule has 2 aliphatic carbocycles. The summed E-state index contributed by atoms with van der Waals surface area (Å²) in [6, 6.07) is 0. The lowest BCUT2D eigenvalue weighted by atomic mass is 10.2. The van der Waals surface area contributed by atoms with Gasteiger partial charge in [-0.15, -0.1) is 0 Å². The van der Waals surface area contributed by atoms with Crippen molar-refractivity contribution in [2.75, 3.05) is 26.2 Å². The molecule has 17 heavy (non-hydrogen) atoms. The largest absolute Gasteiger partial charge is 0.389 e. The van der Waals surface area contributed by atoms with Gasteiger partial charge in [-0.2, -0.15) is 0 Å². The van der Waals surface area contributed by atoms with E-state index in [-0.39, 0.29) is 12.2 Å². The average molecular weight is 241 g/mol. The van der Waals surface area contributed by atoms with Crippen LogP contribution in [0.5, 0.6) is 0 Å². The predicted molar refractivity (Wildman–Crippen MR) is 69.0 cm³/mol. The topological polar surface area (TPSA) is 32.7 Å². The Morgan fingerprint density at radius 2 is 1.65 bits per heavy atom. The monoisotopic (exact) mass is 241 g/mol. The second-order valence-corrected chi connectivity index (χ2v) is 6.14. The van der Waals surface area contributed by atoms with Crippen molar-refractivity contribution < 1.29 is 9.84 Å². The third-order valence-corrected chi connectivity index (χ3v) is 3.52. The number of hydrogen-bond acceptors (Lipinski definition) is 3. The van der Waals surface area contributed by atoms with E-state index in [2.05, 4.69) is 4.90 Å². The zero-order chi connectivity index (χ0) is 12.3. The van der Waals surface area contributed by atoms with Gasteiger partial charge in [0.15, 0.2) is 0 Å². The van der Waals surface area contributed by atoms with Gasteiger partial charge in [-0.3, -0.25) is 0 Å². The van der Waals surface area contributed by atoms with Crippen molar-refractivity contribution in [2.24, 2.45) is 11.8 Å². The number of rotatable bonds is 9. The van der Waals surface area contributed by atoms with Gasteiger partial charge in [-0.1, -0.05) is 0 Å². The van der Waals surface area contributed by atoms with E-state index in [4.69, 9.17) is 4.74 Å². The maximum absolute atomic E-state index is 9.97. The van der Waals surface area contributed by atoms with Gasteiger partial charge >= 0.3 is 0 Å². The lowest BCUT2D eigenvalue weighted by molar-refractivity contribution is -0.00952. The Hall–Kier alpha value is -0.120. The molecule has 100 valence electrons. The summed E-state index contributed by atoms with van der Waals surface area (Å²) in [4.78, 5) is 2.46. The molecule has 0 aliphatic heterocycles. The van der Waals surface area contributed by atoms with E-state index in [1.54, 1.807) is 0 Å². The second kappa shape index (κ2) is 6.17. The molecule has 0 aromatic rings. The standard InChI is InChI=1S/C14H27NO2/c1-11(2)17-10-14(16)9-15(7-12-3-4-12)8-13-5-6-13/h11-14,16H,3-10H2,1-2H3. The second-order valence-electron chi connectivity index (χ2n) is 6.14. The molecule has 0 aromatic heterocycles. The van der Waals surface area contributed by atoms with Gasteiger partial charge in [0.2, 0.25) is 0 Å². The minimum atomic E-state index is -0.324. The maximum atomic E-state index is 9.97. The summed E-state index contributed by atoms with van der Waals surface area (Å²) in [6.07, 6.45) is 5.44. The molecule has 0 amide bonds. The zero-order valence-corrected chi connectivity index (χ0v) is 11.3. The molecular formula is C14H27NO2. The Kier molecular flexibility index (Phi) is 4.83. The first kappa shape index (κ1) is 13.3. The minimum absolute atomic E-state index is 0.213. The summed E-state index contributed by atoms with van der Waals surface area (Å²) in [7, 11) is 0.